The minimum absolute atomic E-state index is 0.0408. The van der Waals surface area contributed by atoms with Gasteiger partial charge >= 0.3 is 0 Å². The number of aliphatic hydroxyl groups is 1. The third kappa shape index (κ3) is 5.14. The van der Waals surface area contributed by atoms with E-state index in [-0.39, 0.29) is 19.1 Å². The van der Waals surface area contributed by atoms with Crippen LogP contribution in [0.3, 0.4) is 0 Å². The summed E-state index contributed by atoms with van der Waals surface area (Å²) in [6.07, 6.45) is 0. The number of likely N-dealkylation sites (N-methyl/N-ethyl adjacent to an activating group) is 1. The molecular weight excluding hydrogens is 264 g/mol. The molecule has 0 radical (unpaired) electrons. The van der Waals surface area contributed by atoms with E-state index >= 15 is 0 Å². The van der Waals surface area contributed by atoms with Crippen LogP contribution in [-0.2, 0) is 4.79 Å². The second-order valence-electron chi connectivity index (χ2n) is 6.13. The number of hydrogen-bond donors (Lipinski definition) is 2. The highest BCUT2D eigenvalue weighted by molar-refractivity contribution is 5.94. The number of carbonyl (C=O) groups excluding carboxylic acids is 1. The topological polar surface area (TPSA) is 52.6 Å². The first-order chi connectivity index (χ1) is 9.86. The molecule has 1 aromatic carbocycles. The number of benzene rings is 1. The van der Waals surface area contributed by atoms with Crippen molar-refractivity contribution >= 4 is 11.6 Å². The minimum Gasteiger partial charge on any atom is -0.395 e. The van der Waals surface area contributed by atoms with Crippen LogP contribution in [0.1, 0.15) is 50.7 Å². The number of para-hydroxylation sites is 1. The predicted octanol–water partition coefficient (Wildman–Crippen LogP) is 2.80. The van der Waals surface area contributed by atoms with E-state index < -0.39 is 0 Å². The van der Waals surface area contributed by atoms with Gasteiger partial charge in [-0.15, -0.1) is 0 Å². The summed E-state index contributed by atoms with van der Waals surface area (Å²) in [5.74, 6) is 0.671. The predicted molar refractivity (Wildman–Crippen MR) is 87.8 cm³/mol. The largest absolute Gasteiger partial charge is 0.395 e. The van der Waals surface area contributed by atoms with E-state index in [9.17, 15) is 4.79 Å². The van der Waals surface area contributed by atoms with Crippen molar-refractivity contribution in [3.8, 4) is 0 Å². The first kappa shape index (κ1) is 17.7. The Morgan fingerprint density at radius 1 is 1.19 bits per heavy atom. The normalized spacial score (nSPS) is 11.5. The molecular formula is C17H28N2O2. The van der Waals surface area contributed by atoms with Crippen LogP contribution in [0, 0.1) is 0 Å². The van der Waals surface area contributed by atoms with Crippen molar-refractivity contribution in [2.45, 2.75) is 39.5 Å². The first-order valence-electron chi connectivity index (χ1n) is 7.58. The van der Waals surface area contributed by atoms with Gasteiger partial charge in [-0.05, 0) is 30.0 Å². The average molecular weight is 292 g/mol. The molecule has 2 N–H and O–H groups in total. The molecule has 0 saturated carbocycles. The molecule has 0 atom stereocenters. The van der Waals surface area contributed by atoms with Gasteiger partial charge in [-0.3, -0.25) is 9.69 Å². The number of nitrogens with one attached hydrogen (secondary N) is 1. The monoisotopic (exact) mass is 292 g/mol. The highest BCUT2D eigenvalue weighted by atomic mass is 16.3. The molecule has 0 unspecified atom stereocenters. The van der Waals surface area contributed by atoms with Crippen LogP contribution in [0.5, 0.6) is 0 Å². The fraction of sp³-hybridized carbons (Fsp3) is 0.588. The lowest BCUT2D eigenvalue weighted by molar-refractivity contribution is -0.117. The van der Waals surface area contributed by atoms with Crippen molar-refractivity contribution < 1.29 is 9.90 Å². The van der Waals surface area contributed by atoms with Gasteiger partial charge in [0.25, 0.3) is 0 Å². The van der Waals surface area contributed by atoms with Crippen LogP contribution in [0.25, 0.3) is 0 Å². The van der Waals surface area contributed by atoms with Crippen molar-refractivity contribution in [1.82, 2.24) is 4.90 Å². The van der Waals surface area contributed by atoms with Gasteiger partial charge in [0, 0.05) is 12.2 Å². The maximum absolute atomic E-state index is 12.2. The van der Waals surface area contributed by atoms with Crippen LogP contribution < -0.4 is 5.32 Å². The van der Waals surface area contributed by atoms with Gasteiger partial charge in [0.2, 0.25) is 5.91 Å². The third-order valence-corrected chi connectivity index (χ3v) is 3.53. The summed E-state index contributed by atoms with van der Waals surface area (Å²) in [7, 11) is 1.83. The Balaban J connectivity index is 2.97. The smallest absolute Gasteiger partial charge is 0.238 e. The number of anilines is 1. The van der Waals surface area contributed by atoms with E-state index in [1.54, 1.807) is 0 Å². The Kier molecular flexibility index (Phi) is 6.85. The van der Waals surface area contributed by atoms with E-state index in [1.807, 2.05) is 11.9 Å². The summed E-state index contributed by atoms with van der Waals surface area (Å²) in [5, 5.41) is 12.0. The maximum Gasteiger partial charge on any atom is 0.238 e. The summed E-state index contributed by atoms with van der Waals surface area (Å²) < 4.78 is 0. The van der Waals surface area contributed by atoms with E-state index in [0.29, 0.717) is 18.4 Å². The minimum atomic E-state index is -0.0408. The summed E-state index contributed by atoms with van der Waals surface area (Å²) in [4.78, 5) is 14.0. The Morgan fingerprint density at radius 2 is 1.71 bits per heavy atom. The van der Waals surface area contributed by atoms with Crippen LogP contribution in [0.2, 0.25) is 0 Å². The van der Waals surface area contributed by atoms with Crippen molar-refractivity contribution in [3.05, 3.63) is 29.3 Å². The Bertz CT molecular complexity index is 444. The summed E-state index contributed by atoms with van der Waals surface area (Å²) in [5.41, 5.74) is 3.28. The molecule has 118 valence electrons. The van der Waals surface area contributed by atoms with E-state index in [4.69, 9.17) is 5.11 Å². The fourth-order valence-corrected chi connectivity index (χ4v) is 2.37. The van der Waals surface area contributed by atoms with Gasteiger partial charge < -0.3 is 10.4 Å². The van der Waals surface area contributed by atoms with Gasteiger partial charge in [0.1, 0.15) is 0 Å². The van der Waals surface area contributed by atoms with Crippen molar-refractivity contribution in [1.29, 1.82) is 0 Å². The Labute approximate surface area is 128 Å². The molecule has 0 aliphatic heterocycles. The molecule has 4 heteroatoms. The molecule has 0 aliphatic rings. The molecule has 0 spiro atoms. The van der Waals surface area contributed by atoms with E-state index in [1.165, 1.54) is 11.1 Å². The molecule has 0 aliphatic carbocycles. The summed E-state index contributed by atoms with van der Waals surface area (Å²) in [6.45, 7) is 9.37. The standard InChI is InChI=1S/C17H28N2O2/c1-12(2)14-7-6-8-15(13(3)4)17(14)18-16(21)11-19(5)9-10-20/h6-8,12-13,20H,9-11H2,1-5H3,(H,18,21). The average Bonchev–Trinajstić information content (AvgIpc) is 2.38. The number of nitrogens with zero attached hydrogens (tertiary/aromatic N) is 1. The second-order valence-corrected chi connectivity index (χ2v) is 6.13. The van der Waals surface area contributed by atoms with E-state index in [0.717, 1.165) is 5.69 Å². The number of amides is 1. The summed E-state index contributed by atoms with van der Waals surface area (Å²) >= 11 is 0. The Morgan fingerprint density at radius 3 is 2.14 bits per heavy atom. The highest BCUT2D eigenvalue weighted by Crippen LogP contribution is 2.32. The lowest BCUT2D eigenvalue weighted by Gasteiger charge is -2.21. The van der Waals surface area contributed by atoms with Crippen LogP contribution >= 0.6 is 0 Å². The quantitative estimate of drug-likeness (QED) is 0.812. The van der Waals surface area contributed by atoms with Gasteiger partial charge in [-0.2, -0.15) is 0 Å². The maximum atomic E-state index is 12.2. The molecule has 0 fully saturated rings. The molecule has 1 rings (SSSR count). The number of aliphatic hydroxyl groups excluding tert-OH is 1. The zero-order chi connectivity index (χ0) is 16.0. The fourth-order valence-electron chi connectivity index (χ4n) is 2.37. The number of carbonyl (C=O) groups is 1. The Hall–Kier alpha value is -1.39. The van der Waals surface area contributed by atoms with Gasteiger partial charge in [0.15, 0.2) is 0 Å². The van der Waals surface area contributed by atoms with Crippen LogP contribution in [0.15, 0.2) is 18.2 Å². The summed E-state index contributed by atoms with van der Waals surface area (Å²) in [6, 6.07) is 6.20. The van der Waals surface area contributed by atoms with Crippen LogP contribution in [-0.4, -0.2) is 42.7 Å². The third-order valence-electron chi connectivity index (χ3n) is 3.53. The molecule has 0 bridgehead atoms. The van der Waals surface area contributed by atoms with Crippen molar-refractivity contribution in [2.24, 2.45) is 0 Å². The number of rotatable bonds is 7. The zero-order valence-electron chi connectivity index (χ0n) is 13.8. The molecule has 0 saturated heterocycles. The lowest BCUT2D eigenvalue weighted by atomic mass is 9.92. The molecule has 1 amide bonds. The van der Waals surface area contributed by atoms with Gasteiger partial charge in [-0.25, -0.2) is 0 Å². The molecule has 1 aromatic rings. The first-order valence-corrected chi connectivity index (χ1v) is 7.58. The molecule has 4 nitrogen and oxygen atoms in total. The second kappa shape index (κ2) is 8.15. The van der Waals surface area contributed by atoms with Crippen molar-refractivity contribution in [3.63, 3.8) is 0 Å². The van der Waals surface area contributed by atoms with Crippen LogP contribution in [0.4, 0.5) is 5.69 Å². The number of hydrogen-bond acceptors (Lipinski definition) is 3. The van der Waals surface area contributed by atoms with Gasteiger partial charge in [0.05, 0.1) is 13.2 Å². The SMILES string of the molecule is CC(C)c1cccc(C(C)C)c1NC(=O)CN(C)CCO. The molecule has 0 heterocycles. The highest BCUT2D eigenvalue weighted by Gasteiger charge is 2.16. The van der Waals surface area contributed by atoms with E-state index in [2.05, 4.69) is 51.2 Å². The lowest BCUT2D eigenvalue weighted by Crippen LogP contribution is -2.32. The molecule has 21 heavy (non-hydrogen) atoms. The molecule has 0 aromatic heterocycles. The van der Waals surface area contributed by atoms with Crippen molar-refractivity contribution in [2.75, 3.05) is 32.1 Å². The zero-order valence-corrected chi connectivity index (χ0v) is 13.8. The van der Waals surface area contributed by atoms with Gasteiger partial charge in [-0.1, -0.05) is 45.9 Å².